The molecule has 2 heterocycles. The highest BCUT2D eigenvalue weighted by molar-refractivity contribution is 5.15. The third kappa shape index (κ3) is 4.33. The minimum Gasteiger partial charge on any atom is -0.335 e. The van der Waals surface area contributed by atoms with Crippen LogP contribution in [0, 0.1) is 5.92 Å². The van der Waals surface area contributed by atoms with Gasteiger partial charge in [0, 0.05) is 12.8 Å². The van der Waals surface area contributed by atoms with Gasteiger partial charge in [-0.25, -0.2) is 0 Å². The number of benzene rings is 1. The lowest BCUT2D eigenvalue weighted by atomic mass is 9.88. The van der Waals surface area contributed by atoms with Crippen LogP contribution in [0.1, 0.15) is 44.6 Å². The Morgan fingerprint density at radius 3 is 2.23 bits per heavy atom. The quantitative estimate of drug-likeness (QED) is 0.802. The number of nitrogens with one attached hydrogen (secondary N) is 2. The molecular formula is C20H34N2+2. The molecule has 2 nitrogen and oxygen atoms in total. The minimum absolute atomic E-state index is 0.928. The summed E-state index contributed by atoms with van der Waals surface area (Å²) in [6, 6.07) is 12.1. The van der Waals surface area contributed by atoms with Gasteiger partial charge < -0.3 is 9.80 Å². The van der Waals surface area contributed by atoms with E-state index in [1.54, 1.807) is 0 Å². The van der Waals surface area contributed by atoms with Gasteiger partial charge in [0.15, 0.2) is 0 Å². The molecule has 0 bridgehead atoms. The van der Waals surface area contributed by atoms with Gasteiger partial charge in [0.05, 0.1) is 38.8 Å². The maximum absolute atomic E-state index is 2.32. The van der Waals surface area contributed by atoms with E-state index in [9.17, 15) is 0 Å². The van der Waals surface area contributed by atoms with E-state index in [2.05, 4.69) is 37.3 Å². The van der Waals surface area contributed by atoms with Gasteiger partial charge in [0.25, 0.3) is 0 Å². The van der Waals surface area contributed by atoms with E-state index in [1.807, 2.05) is 9.80 Å². The lowest BCUT2D eigenvalue weighted by Crippen LogP contribution is -3.21. The predicted molar refractivity (Wildman–Crippen MR) is 92.4 cm³/mol. The van der Waals surface area contributed by atoms with Crippen molar-refractivity contribution in [1.29, 1.82) is 0 Å². The molecule has 0 spiro atoms. The maximum atomic E-state index is 2.32. The van der Waals surface area contributed by atoms with Crippen molar-refractivity contribution < 1.29 is 9.80 Å². The molecule has 0 saturated carbocycles. The van der Waals surface area contributed by atoms with Crippen molar-refractivity contribution in [2.75, 3.05) is 32.7 Å². The summed E-state index contributed by atoms with van der Waals surface area (Å²) < 4.78 is 0. The molecule has 0 atom stereocenters. The van der Waals surface area contributed by atoms with Gasteiger partial charge in [0.1, 0.15) is 0 Å². The number of hydrogen-bond donors (Lipinski definition) is 2. The van der Waals surface area contributed by atoms with Crippen molar-refractivity contribution in [1.82, 2.24) is 0 Å². The van der Waals surface area contributed by atoms with E-state index in [0.717, 1.165) is 12.0 Å². The molecule has 3 rings (SSSR count). The van der Waals surface area contributed by atoms with Crippen LogP contribution >= 0.6 is 0 Å². The summed E-state index contributed by atoms with van der Waals surface area (Å²) in [4.78, 5) is 3.79. The van der Waals surface area contributed by atoms with Crippen LogP contribution in [0.15, 0.2) is 30.3 Å². The molecule has 2 aliphatic heterocycles. The molecule has 0 radical (unpaired) electrons. The van der Waals surface area contributed by atoms with Crippen molar-refractivity contribution >= 4 is 0 Å². The highest BCUT2D eigenvalue weighted by atomic mass is 15.2. The van der Waals surface area contributed by atoms with Crippen LogP contribution in [0.4, 0.5) is 0 Å². The van der Waals surface area contributed by atoms with E-state index in [1.165, 1.54) is 76.8 Å². The standard InChI is InChI=1S/C20H32N2/c1-2-12-21-13-10-20(11-14-21)22-15-8-19(9-16-22)17-18-6-4-3-5-7-18/h3-7,19-20H,2,8-17H2,1H3/p+2. The van der Waals surface area contributed by atoms with Crippen LogP contribution in [0.25, 0.3) is 0 Å². The molecule has 1 aromatic carbocycles. The average Bonchev–Trinajstić information content (AvgIpc) is 2.58. The smallest absolute Gasteiger partial charge is 0.0983 e. The number of piperidine rings is 2. The lowest BCUT2D eigenvalue weighted by molar-refractivity contribution is -0.961. The molecule has 0 aliphatic carbocycles. The Morgan fingerprint density at radius 1 is 0.909 bits per heavy atom. The Balaban J connectivity index is 1.40. The number of hydrogen-bond acceptors (Lipinski definition) is 0. The summed E-state index contributed by atoms with van der Waals surface area (Å²) in [6.45, 7) is 9.41. The van der Waals surface area contributed by atoms with Gasteiger partial charge in [-0.15, -0.1) is 0 Å². The molecule has 0 aromatic heterocycles. The largest absolute Gasteiger partial charge is 0.335 e. The van der Waals surface area contributed by atoms with Crippen molar-refractivity contribution in [3.8, 4) is 0 Å². The monoisotopic (exact) mass is 302 g/mol. The maximum Gasteiger partial charge on any atom is 0.0983 e. The summed E-state index contributed by atoms with van der Waals surface area (Å²) in [6.07, 6.45) is 8.45. The fraction of sp³-hybridized carbons (Fsp3) is 0.700. The second kappa shape index (κ2) is 8.12. The van der Waals surface area contributed by atoms with E-state index in [-0.39, 0.29) is 0 Å². The summed E-state index contributed by atoms with van der Waals surface area (Å²) in [5.74, 6) is 0.928. The highest BCUT2D eigenvalue weighted by Gasteiger charge is 2.32. The second-order valence-electron chi connectivity index (χ2n) is 7.57. The normalized spacial score (nSPS) is 32.8. The third-order valence-electron chi connectivity index (χ3n) is 5.99. The molecule has 0 amide bonds. The Labute approximate surface area is 136 Å². The number of rotatable bonds is 5. The van der Waals surface area contributed by atoms with E-state index in [4.69, 9.17) is 0 Å². The Morgan fingerprint density at radius 2 is 1.59 bits per heavy atom. The molecule has 2 fully saturated rings. The Bertz CT molecular complexity index is 415. The van der Waals surface area contributed by atoms with Gasteiger partial charge >= 0.3 is 0 Å². The molecule has 0 unspecified atom stereocenters. The second-order valence-corrected chi connectivity index (χ2v) is 7.57. The average molecular weight is 303 g/mol. The first kappa shape index (κ1) is 16.0. The fourth-order valence-corrected chi connectivity index (χ4v) is 4.65. The number of quaternary nitrogens is 2. The van der Waals surface area contributed by atoms with Gasteiger partial charge in [0.2, 0.25) is 0 Å². The summed E-state index contributed by atoms with van der Waals surface area (Å²) in [7, 11) is 0. The zero-order valence-electron chi connectivity index (χ0n) is 14.3. The van der Waals surface area contributed by atoms with E-state index in [0.29, 0.717) is 0 Å². The van der Waals surface area contributed by atoms with Crippen molar-refractivity contribution in [3.05, 3.63) is 35.9 Å². The molecule has 2 saturated heterocycles. The van der Waals surface area contributed by atoms with Gasteiger partial charge in [-0.2, -0.15) is 0 Å². The van der Waals surface area contributed by atoms with Crippen molar-refractivity contribution in [2.45, 2.75) is 51.5 Å². The first-order valence-electron chi connectivity index (χ1n) is 9.57. The van der Waals surface area contributed by atoms with Crippen LogP contribution in [0.2, 0.25) is 0 Å². The fourth-order valence-electron chi connectivity index (χ4n) is 4.65. The third-order valence-corrected chi connectivity index (χ3v) is 5.99. The molecule has 1 aromatic rings. The zero-order chi connectivity index (χ0) is 15.2. The lowest BCUT2D eigenvalue weighted by Gasteiger charge is -2.38. The predicted octanol–water partition coefficient (Wildman–Crippen LogP) is 0.981. The topological polar surface area (TPSA) is 8.88 Å². The molecule has 122 valence electrons. The van der Waals surface area contributed by atoms with Crippen LogP contribution in [0.3, 0.4) is 0 Å². The number of likely N-dealkylation sites (tertiary alicyclic amines) is 2. The summed E-state index contributed by atoms with van der Waals surface area (Å²) in [5, 5.41) is 0. The first-order chi connectivity index (χ1) is 10.8. The van der Waals surface area contributed by atoms with Gasteiger partial charge in [-0.1, -0.05) is 37.3 Å². The summed E-state index contributed by atoms with van der Waals surface area (Å²) >= 11 is 0. The summed E-state index contributed by atoms with van der Waals surface area (Å²) in [5.41, 5.74) is 1.53. The van der Waals surface area contributed by atoms with E-state index < -0.39 is 0 Å². The highest BCUT2D eigenvalue weighted by Crippen LogP contribution is 2.17. The SMILES string of the molecule is CCC[NH+]1CCC([NH+]2CCC(Cc3ccccc3)CC2)CC1. The molecule has 2 N–H and O–H groups in total. The first-order valence-corrected chi connectivity index (χ1v) is 9.57. The Kier molecular flexibility index (Phi) is 5.91. The molecule has 22 heavy (non-hydrogen) atoms. The van der Waals surface area contributed by atoms with Crippen LogP contribution < -0.4 is 9.80 Å². The Hall–Kier alpha value is -0.860. The van der Waals surface area contributed by atoms with Gasteiger partial charge in [-0.3, -0.25) is 0 Å². The minimum atomic E-state index is 0.928. The van der Waals surface area contributed by atoms with E-state index >= 15 is 0 Å². The van der Waals surface area contributed by atoms with Gasteiger partial charge in [-0.05, 0) is 37.2 Å². The molecule has 2 heteroatoms. The van der Waals surface area contributed by atoms with Crippen molar-refractivity contribution in [2.24, 2.45) is 5.92 Å². The zero-order valence-corrected chi connectivity index (χ0v) is 14.3. The van der Waals surface area contributed by atoms with Crippen molar-refractivity contribution in [3.63, 3.8) is 0 Å². The van der Waals surface area contributed by atoms with Crippen LogP contribution in [-0.4, -0.2) is 38.8 Å². The van der Waals surface area contributed by atoms with Crippen LogP contribution in [-0.2, 0) is 6.42 Å². The van der Waals surface area contributed by atoms with Crippen LogP contribution in [0.5, 0.6) is 0 Å². The molecular weight excluding hydrogens is 268 g/mol. The molecule has 2 aliphatic rings.